The van der Waals surface area contributed by atoms with Gasteiger partial charge >= 0.3 is 5.97 Å². The number of hydrogen-bond donors (Lipinski definition) is 0. The summed E-state index contributed by atoms with van der Waals surface area (Å²) < 4.78 is 18.2. The van der Waals surface area contributed by atoms with Gasteiger partial charge in [-0.1, -0.05) is 24.3 Å². The number of hydrogen-bond acceptors (Lipinski definition) is 5. The highest BCUT2D eigenvalue weighted by atomic mass is 16.6. The zero-order valence-corrected chi connectivity index (χ0v) is 17.3. The number of methoxy groups -OCH3 is 1. The van der Waals surface area contributed by atoms with Crippen molar-refractivity contribution in [1.29, 1.82) is 0 Å². The summed E-state index contributed by atoms with van der Waals surface area (Å²) in [6, 6.07) is 13.8. The normalized spacial score (nSPS) is 30.7. The van der Waals surface area contributed by atoms with Gasteiger partial charge in [0.25, 0.3) is 0 Å². The molecule has 3 unspecified atom stereocenters. The van der Waals surface area contributed by atoms with E-state index in [9.17, 15) is 4.79 Å². The summed E-state index contributed by atoms with van der Waals surface area (Å²) in [6.45, 7) is 1.01. The van der Waals surface area contributed by atoms with Crippen molar-refractivity contribution < 1.29 is 19.0 Å². The first-order valence-electron chi connectivity index (χ1n) is 10.7. The van der Waals surface area contributed by atoms with Crippen molar-refractivity contribution in [2.75, 3.05) is 20.7 Å². The summed E-state index contributed by atoms with van der Waals surface area (Å²) >= 11 is 0. The SMILES string of the molecule is COc1ccc2c3c1OC1C(OC(=O)c4ccccc4)=CCC4C(C2)N(C)CC[C@]314. The first kappa shape index (κ1) is 18.0. The van der Waals surface area contributed by atoms with E-state index in [2.05, 4.69) is 24.1 Å². The van der Waals surface area contributed by atoms with Gasteiger partial charge in [0.05, 0.1) is 12.7 Å². The number of likely N-dealkylation sites (tertiary alicyclic amines) is 1. The lowest BCUT2D eigenvalue weighted by molar-refractivity contribution is -0.0272. The molecule has 5 heteroatoms. The van der Waals surface area contributed by atoms with Gasteiger partial charge in [-0.2, -0.15) is 0 Å². The van der Waals surface area contributed by atoms with E-state index in [1.807, 2.05) is 24.3 Å². The molecule has 0 N–H and O–H groups in total. The highest BCUT2D eigenvalue weighted by molar-refractivity contribution is 5.90. The Morgan fingerprint density at radius 2 is 2.03 bits per heavy atom. The third-order valence-corrected chi connectivity index (χ3v) is 7.65. The monoisotopic (exact) mass is 403 g/mol. The molecule has 2 aliphatic heterocycles. The molecular formula is C25H25NO4. The van der Waals surface area contributed by atoms with Gasteiger partial charge in [-0.25, -0.2) is 4.79 Å². The van der Waals surface area contributed by atoms with Crippen molar-refractivity contribution in [3.05, 3.63) is 71.0 Å². The average Bonchev–Trinajstić information content (AvgIpc) is 3.13. The molecule has 4 aliphatic rings. The van der Waals surface area contributed by atoms with Crippen LogP contribution in [-0.4, -0.2) is 43.7 Å². The van der Waals surface area contributed by atoms with Crippen LogP contribution < -0.4 is 9.47 Å². The summed E-state index contributed by atoms with van der Waals surface area (Å²) in [6.07, 6.45) is 4.71. The summed E-state index contributed by atoms with van der Waals surface area (Å²) in [5, 5.41) is 0. The predicted octanol–water partition coefficient (Wildman–Crippen LogP) is 3.72. The molecule has 2 aromatic carbocycles. The number of ether oxygens (including phenoxy) is 3. The maximum Gasteiger partial charge on any atom is 0.343 e. The van der Waals surface area contributed by atoms with Crippen molar-refractivity contribution in [3.8, 4) is 11.5 Å². The van der Waals surface area contributed by atoms with Crippen LogP contribution in [-0.2, 0) is 16.6 Å². The van der Waals surface area contributed by atoms with E-state index in [0.29, 0.717) is 23.3 Å². The molecule has 5 nitrogen and oxygen atoms in total. The Bertz CT molecular complexity index is 1060. The van der Waals surface area contributed by atoms with E-state index in [-0.39, 0.29) is 17.5 Å². The van der Waals surface area contributed by atoms with Crippen molar-refractivity contribution in [1.82, 2.24) is 4.90 Å². The van der Waals surface area contributed by atoms with Crippen molar-refractivity contribution >= 4 is 5.97 Å². The van der Waals surface area contributed by atoms with E-state index in [1.54, 1.807) is 19.2 Å². The van der Waals surface area contributed by atoms with Crippen molar-refractivity contribution in [2.45, 2.75) is 36.8 Å². The Morgan fingerprint density at radius 1 is 1.20 bits per heavy atom. The molecule has 30 heavy (non-hydrogen) atoms. The number of nitrogens with zero attached hydrogens (tertiary/aromatic N) is 1. The van der Waals surface area contributed by atoms with Crippen LogP contribution in [0.2, 0.25) is 0 Å². The van der Waals surface area contributed by atoms with E-state index in [4.69, 9.17) is 14.2 Å². The molecule has 0 aromatic heterocycles. The van der Waals surface area contributed by atoms with Gasteiger partial charge in [-0.3, -0.25) is 0 Å². The van der Waals surface area contributed by atoms with E-state index in [1.165, 1.54) is 11.1 Å². The Morgan fingerprint density at radius 3 is 2.83 bits per heavy atom. The molecule has 2 aliphatic carbocycles. The zero-order chi connectivity index (χ0) is 20.5. The molecule has 154 valence electrons. The lowest BCUT2D eigenvalue weighted by Gasteiger charge is -2.56. The molecule has 0 amide bonds. The third-order valence-electron chi connectivity index (χ3n) is 7.65. The zero-order valence-electron chi connectivity index (χ0n) is 17.3. The number of allylic oxidation sites excluding steroid dienone is 1. The number of rotatable bonds is 3. The lowest BCUT2D eigenvalue weighted by Crippen LogP contribution is -2.63. The van der Waals surface area contributed by atoms with E-state index in [0.717, 1.165) is 37.3 Å². The topological polar surface area (TPSA) is 48.0 Å². The average molecular weight is 403 g/mol. The first-order valence-corrected chi connectivity index (χ1v) is 10.7. The Hall–Kier alpha value is -2.79. The van der Waals surface area contributed by atoms with Crippen LogP contribution in [0.4, 0.5) is 0 Å². The Kier molecular flexibility index (Phi) is 3.81. The quantitative estimate of drug-likeness (QED) is 0.731. The molecule has 0 radical (unpaired) electrons. The molecule has 4 atom stereocenters. The van der Waals surface area contributed by atoms with Gasteiger partial charge in [0, 0.05) is 17.0 Å². The summed E-state index contributed by atoms with van der Waals surface area (Å²) in [7, 11) is 3.91. The fourth-order valence-corrected chi connectivity index (χ4v) is 6.30. The minimum Gasteiger partial charge on any atom is -0.493 e. The maximum absolute atomic E-state index is 12.8. The molecule has 1 spiro atoms. The third kappa shape index (κ3) is 2.24. The second-order valence-electron chi connectivity index (χ2n) is 8.88. The molecule has 1 saturated heterocycles. The smallest absolute Gasteiger partial charge is 0.343 e. The van der Waals surface area contributed by atoms with Crippen molar-refractivity contribution in [2.24, 2.45) is 5.92 Å². The Balaban J connectivity index is 1.46. The van der Waals surface area contributed by atoms with Gasteiger partial charge in [0.1, 0.15) is 5.76 Å². The van der Waals surface area contributed by atoms with Gasteiger partial charge in [0.15, 0.2) is 17.6 Å². The van der Waals surface area contributed by atoms with Crippen LogP contribution in [0.15, 0.2) is 54.3 Å². The van der Waals surface area contributed by atoms with Crippen LogP contribution in [0.5, 0.6) is 11.5 Å². The number of esters is 1. The van der Waals surface area contributed by atoms with Gasteiger partial charge < -0.3 is 19.1 Å². The molecule has 6 rings (SSSR count). The highest BCUT2D eigenvalue weighted by Gasteiger charge is 2.64. The molecule has 1 fully saturated rings. The number of benzene rings is 2. The highest BCUT2D eigenvalue weighted by Crippen LogP contribution is 2.63. The maximum atomic E-state index is 12.8. The van der Waals surface area contributed by atoms with Crippen LogP contribution in [0.1, 0.15) is 34.3 Å². The summed E-state index contributed by atoms with van der Waals surface area (Å²) in [5.74, 6) is 2.37. The van der Waals surface area contributed by atoms with Gasteiger partial charge in [-0.05, 0) is 68.6 Å². The standard InChI is InChI=1S/C25H25NO4/c1-26-13-12-25-17-9-11-20(29-24(27)15-6-4-3-5-7-15)23(25)30-22-19(28-2)10-8-16(21(22)25)14-18(17)26/h3-8,10-11,17-18,23H,9,12-14H2,1-2H3/t17?,18?,23?,25-/m0/s1. The summed E-state index contributed by atoms with van der Waals surface area (Å²) in [4.78, 5) is 15.3. The number of likely N-dealkylation sites (N-methyl/N-ethyl adjacent to an activating group) is 1. The number of piperidine rings is 1. The van der Waals surface area contributed by atoms with Crippen LogP contribution in [0.25, 0.3) is 0 Å². The molecule has 0 saturated carbocycles. The van der Waals surface area contributed by atoms with Gasteiger partial charge in [0.2, 0.25) is 0 Å². The van der Waals surface area contributed by atoms with Crippen LogP contribution >= 0.6 is 0 Å². The molecule has 2 aromatic rings. The van der Waals surface area contributed by atoms with Crippen molar-refractivity contribution in [3.63, 3.8) is 0 Å². The first-order chi connectivity index (χ1) is 14.6. The molecular weight excluding hydrogens is 378 g/mol. The molecule has 2 bridgehead atoms. The largest absolute Gasteiger partial charge is 0.493 e. The number of carbonyl (C=O) groups excluding carboxylic acids is 1. The van der Waals surface area contributed by atoms with Crippen LogP contribution in [0.3, 0.4) is 0 Å². The van der Waals surface area contributed by atoms with E-state index >= 15 is 0 Å². The number of carbonyl (C=O) groups is 1. The van der Waals surface area contributed by atoms with Crippen LogP contribution in [0, 0.1) is 5.92 Å². The second-order valence-corrected chi connectivity index (χ2v) is 8.88. The molecule has 2 heterocycles. The minimum absolute atomic E-state index is 0.157. The minimum atomic E-state index is -0.330. The predicted molar refractivity (Wildman–Crippen MR) is 112 cm³/mol. The fourth-order valence-electron chi connectivity index (χ4n) is 6.30. The van der Waals surface area contributed by atoms with E-state index < -0.39 is 0 Å². The second kappa shape index (κ2) is 6.35. The fraction of sp³-hybridized carbons (Fsp3) is 0.400. The Labute approximate surface area is 176 Å². The van der Waals surface area contributed by atoms with Gasteiger partial charge in [-0.15, -0.1) is 0 Å². The lowest BCUT2D eigenvalue weighted by atomic mass is 9.53. The summed E-state index contributed by atoms with van der Waals surface area (Å²) in [5.41, 5.74) is 3.03.